The molecule has 1 aliphatic carbocycles. The number of fused-ring (bicyclic) bond motifs is 1. The number of aromatic amines is 1. The van der Waals surface area contributed by atoms with E-state index >= 15 is 0 Å². The van der Waals surface area contributed by atoms with Gasteiger partial charge in [0.05, 0.1) is 0 Å². The van der Waals surface area contributed by atoms with Gasteiger partial charge in [0.1, 0.15) is 28.9 Å². The molecular weight excluding hydrogens is 558 g/mol. The van der Waals surface area contributed by atoms with Gasteiger partial charge in [-0.05, 0) is 41.7 Å². The molecule has 38 heavy (non-hydrogen) atoms. The molecule has 5 rings (SSSR count). The Morgan fingerprint density at radius 3 is 2.89 bits per heavy atom. The molecule has 0 aromatic carbocycles. The summed E-state index contributed by atoms with van der Waals surface area (Å²) in [6.45, 7) is 0. The Morgan fingerprint density at radius 2 is 2.18 bits per heavy atom. The first kappa shape index (κ1) is 26.1. The monoisotopic (exact) mass is 579 g/mol. The second-order valence-corrected chi connectivity index (χ2v) is 11.3. The van der Waals surface area contributed by atoms with Crippen LogP contribution in [0.2, 0.25) is 0 Å². The van der Waals surface area contributed by atoms with E-state index in [9.17, 15) is 24.3 Å². The van der Waals surface area contributed by atoms with Gasteiger partial charge in [-0.15, -0.1) is 28.2 Å². The number of thiazole rings is 1. The third-order valence-corrected chi connectivity index (χ3v) is 9.04. The number of hydrogen-bond donors (Lipinski definition) is 4. The highest BCUT2D eigenvalue weighted by atomic mass is 32.2. The van der Waals surface area contributed by atoms with Crippen molar-refractivity contribution in [2.24, 2.45) is 5.16 Å². The summed E-state index contributed by atoms with van der Waals surface area (Å²) in [6, 6.07) is -0.961. The molecule has 4 N–H and O–H groups in total. The van der Waals surface area contributed by atoms with Crippen molar-refractivity contribution in [2.75, 3.05) is 16.8 Å². The highest BCUT2D eigenvalue weighted by molar-refractivity contribution is 8.01. The van der Waals surface area contributed by atoms with Crippen molar-refractivity contribution in [2.45, 2.75) is 48.4 Å². The summed E-state index contributed by atoms with van der Waals surface area (Å²) >= 11 is 3.67. The molecule has 1 unspecified atom stereocenters. The standard InChI is InChI=1S/C20H21N9O6S3/c30-8-21-19-22-11(7-38-19)12(26-35-10-3-1-2-4-10)15(31)23-13-16(32)29-14(18(33)34)9(5-36-17(13)29)6-37-20-24-27-28-25-20/h7-8,10,13,17H,1-6H2,(H,23,31)(H,33,34)(H,21,22,30)(H,24,25,27,28)/b26-12-/t13?,17-/m1/s1. The minimum absolute atomic E-state index is 0.105. The van der Waals surface area contributed by atoms with E-state index in [0.717, 1.165) is 37.0 Å². The van der Waals surface area contributed by atoms with E-state index < -0.39 is 29.2 Å². The largest absolute Gasteiger partial charge is 0.477 e. The van der Waals surface area contributed by atoms with Gasteiger partial charge in [0.15, 0.2) is 10.8 Å². The number of oxime groups is 1. The lowest BCUT2D eigenvalue weighted by Gasteiger charge is -2.49. The molecule has 0 radical (unpaired) electrons. The van der Waals surface area contributed by atoms with Crippen LogP contribution >= 0.6 is 34.9 Å². The Hall–Kier alpha value is -3.51. The molecule has 0 bridgehead atoms. The van der Waals surface area contributed by atoms with Gasteiger partial charge in [0.2, 0.25) is 11.6 Å². The lowest BCUT2D eigenvalue weighted by atomic mass is 10.0. The molecule has 2 aromatic heterocycles. The number of hydrogen-bond acceptors (Lipinski definition) is 13. The quantitative estimate of drug-likeness (QED) is 0.0940. The number of nitrogens with one attached hydrogen (secondary N) is 3. The van der Waals surface area contributed by atoms with Crippen LogP contribution in [-0.4, -0.2) is 94.5 Å². The number of carbonyl (C=O) groups is 4. The number of aromatic nitrogens is 5. The summed E-state index contributed by atoms with van der Waals surface area (Å²) in [6.07, 6.45) is 4.00. The molecule has 0 spiro atoms. The first-order valence-electron chi connectivity index (χ1n) is 11.4. The van der Waals surface area contributed by atoms with Crippen LogP contribution in [0.4, 0.5) is 5.13 Å². The first-order chi connectivity index (χ1) is 18.5. The highest BCUT2D eigenvalue weighted by Gasteiger charge is 2.54. The number of carbonyl (C=O) groups excluding carboxylic acids is 3. The second-order valence-electron chi connectivity index (χ2n) is 8.37. The van der Waals surface area contributed by atoms with Gasteiger partial charge in [0.25, 0.3) is 11.8 Å². The van der Waals surface area contributed by atoms with E-state index in [-0.39, 0.29) is 34.1 Å². The molecular formula is C20H21N9O6S3. The van der Waals surface area contributed by atoms with Crippen LogP contribution in [0.1, 0.15) is 31.4 Å². The molecule has 200 valence electrons. The van der Waals surface area contributed by atoms with Crippen molar-refractivity contribution in [1.82, 2.24) is 35.8 Å². The Balaban J connectivity index is 1.31. The minimum Gasteiger partial charge on any atom is -0.477 e. The van der Waals surface area contributed by atoms with Crippen LogP contribution in [-0.2, 0) is 24.0 Å². The van der Waals surface area contributed by atoms with Crippen molar-refractivity contribution >= 4 is 69.9 Å². The van der Waals surface area contributed by atoms with Crippen LogP contribution in [0.15, 0.2) is 27.0 Å². The third-order valence-electron chi connectivity index (χ3n) is 5.98. The fourth-order valence-electron chi connectivity index (χ4n) is 4.20. The summed E-state index contributed by atoms with van der Waals surface area (Å²) in [5.74, 6) is -1.85. The van der Waals surface area contributed by atoms with Gasteiger partial charge in [0, 0.05) is 16.9 Å². The average Bonchev–Trinajstić information content (AvgIpc) is 3.69. The molecule has 4 heterocycles. The number of carboxylic acid groups (broad SMARTS) is 1. The van der Waals surface area contributed by atoms with Crippen molar-refractivity contribution < 1.29 is 29.1 Å². The van der Waals surface area contributed by atoms with E-state index in [4.69, 9.17) is 4.84 Å². The van der Waals surface area contributed by atoms with Crippen LogP contribution in [0, 0.1) is 0 Å². The van der Waals surface area contributed by atoms with E-state index in [1.807, 2.05) is 0 Å². The van der Waals surface area contributed by atoms with Gasteiger partial charge >= 0.3 is 5.97 Å². The maximum atomic E-state index is 13.3. The fraction of sp³-hybridized carbons (Fsp3) is 0.450. The first-order valence-corrected chi connectivity index (χ1v) is 14.3. The van der Waals surface area contributed by atoms with Crippen LogP contribution in [0.25, 0.3) is 0 Å². The molecule has 2 aromatic rings. The van der Waals surface area contributed by atoms with E-state index in [2.05, 4.69) is 41.4 Å². The molecule has 2 fully saturated rings. The molecule has 18 heteroatoms. The number of thioether (sulfide) groups is 2. The summed E-state index contributed by atoms with van der Waals surface area (Å²) in [7, 11) is 0. The number of H-pyrrole nitrogens is 1. The number of carboxylic acids is 1. The number of aliphatic carboxylic acids is 1. The third kappa shape index (κ3) is 5.37. The summed E-state index contributed by atoms with van der Waals surface area (Å²) < 4.78 is 0. The zero-order valence-corrected chi connectivity index (χ0v) is 22.0. The van der Waals surface area contributed by atoms with Gasteiger partial charge in [-0.25, -0.2) is 14.9 Å². The Bertz CT molecular complexity index is 1290. The smallest absolute Gasteiger partial charge is 0.352 e. The number of β-lactam (4-membered cyclic amide) rings is 1. The summed E-state index contributed by atoms with van der Waals surface area (Å²) in [5, 5.41) is 34.0. The van der Waals surface area contributed by atoms with Gasteiger partial charge < -0.3 is 20.6 Å². The Labute approximate surface area is 227 Å². The molecule has 2 atom stereocenters. The summed E-state index contributed by atoms with van der Waals surface area (Å²) in [4.78, 5) is 60.2. The van der Waals surface area contributed by atoms with E-state index in [1.54, 1.807) is 5.38 Å². The number of anilines is 1. The van der Waals surface area contributed by atoms with Gasteiger partial charge in [-0.1, -0.05) is 16.9 Å². The average molecular weight is 580 g/mol. The normalized spacial score (nSPS) is 21.6. The summed E-state index contributed by atoms with van der Waals surface area (Å²) in [5.41, 5.74) is 0.489. The van der Waals surface area contributed by atoms with Crippen molar-refractivity contribution in [3.8, 4) is 0 Å². The van der Waals surface area contributed by atoms with E-state index in [1.165, 1.54) is 28.4 Å². The molecule has 15 nitrogen and oxygen atoms in total. The van der Waals surface area contributed by atoms with Crippen molar-refractivity contribution in [1.29, 1.82) is 0 Å². The number of nitrogens with zero attached hydrogens (tertiary/aromatic N) is 6. The lowest BCUT2D eigenvalue weighted by Crippen LogP contribution is -2.71. The van der Waals surface area contributed by atoms with Crippen LogP contribution in [0.5, 0.6) is 0 Å². The molecule has 1 saturated carbocycles. The molecule has 1 saturated heterocycles. The maximum absolute atomic E-state index is 13.3. The number of tetrazole rings is 1. The minimum atomic E-state index is -1.23. The van der Waals surface area contributed by atoms with Crippen molar-refractivity contribution in [3.05, 3.63) is 22.3 Å². The predicted octanol–water partition coefficient (Wildman–Crippen LogP) is 0.419. The van der Waals surface area contributed by atoms with Crippen molar-refractivity contribution in [3.63, 3.8) is 0 Å². The Morgan fingerprint density at radius 1 is 1.37 bits per heavy atom. The Kier molecular flexibility index (Phi) is 7.89. The lowest BCUT2D eigenvalue weighted by molar-refractivity contribution is -0.150. The fourth-order valence-corrected chi connectivity index (χ4v) is 7.08. The zero-order chi connectivity index (χ0) is 26.6. The number of rotatable bonds is 11. The number of amides is 3. The predicted molar refractivity (Wildman–Crippen MR) is 136 cm³/mol. The highest BCUT2D eigenvalue weighted by Crippen LogP contribution is 2.41. The van der Waals surface area contributed by atoms with Crippen LogP contribution in [0.3, 0.4) is 0 Å². The SMILES string of the molecule is O=CNc1nc(/C(=N/OC2CCCC2)C(=O)NC2C(=O)N3C(C(=O)O)=C(CSc4nnn[nH]4)CS[C@H]23)cs1. The van der Waals surface area contributed by atoms with Gasteiger partial charge in [-0.2, -0.15) is 0 Å². The van der Waals surface area contributed by atoms with E-state index in [0.29, 0.717) is 22.9 Å². The van der Waals surface area contributed by atoms with Gasteiger partial charge in [-0.3, -0.25) is 19.3 Å². The zero-order valence-electron chi connectivity index (χ0n) is 19.5. The second kappa shape index (κ2) is 11.5. The topological polar surface area (TPSA) is 205 Å². The molecule has 3 aliphatic rings. The molecule has 3 amide bonds. The maximum Gasteiger partial charge on any atom is 0.352 e. The van der Waals surface area contributed by atoms with Crippen LogP contribution < -0.4 is 10.6 Å². The molecule has 2 aliphatic heterocycles.